The maximum Gasteiger partial charge on any atom is 0.254 e. The number of hydrogen-bond donors (Lipinski definition) is 0. The zero-order valence-corrected chi connectivity index (χ0v) is 25.1. The monoisotopic (exact) mass is 614 g/mol. The molecule has 1 aromatic heterocycles. The Morgan fingerprint density at radius 1 is 1.03 bits per heavy atom. The summed E-state index contributed by atoms with van der Waals surface area (Å²) in [6.07, 6.45) is 2.43. The lowest BCUT2D eigenvalue weighted by molar-refractivity contribution is -0.132. The Labute approximate surface area is 242 Å². The molecule has 9 heteroatoms. The molecule has 208 valence electrons. The highest BCUT2D eigenvalue weighted by atomic mass is 79.9. The van der Waals surface area contributed by atoms with Crippen LogP contribution < -0.4 is 9.47 Å². The Balaban J connectivity index is 1.53. The van der Waals surface area contributed by atoms with Crippen molar-refractivity contribution in [3.8, 4) is 11.5 Å². The average Bonchev–Trinajstić information content (AvgIpc) is 3.61. The fourth-order valence-electron chi connectivity index (χ4n) is 4.64. The number of halogens is 1. The summed E-state index contributed by atoms with van der Waals surface area (Å²) in [5.74, 6) is 1.06. The van der Waals surface area contributed by atoms with Gasteiger partial charge < -0.3 is 24.0 Å². The van der Waals surface area contributed by atoms with Gasteiger partial charge in [0.15, 0.2) is 11.5 Å². The van der Waals surface area contributed by atoms with Gasteiger partial charge in [0.2, 0.25) is 5.91 Å². The largest absolute Gasteiger partial charge is 0.493 e. The maximum absolute atomic E-state index is 13.8. The molecule has 0 radical (unpaired) electrons. The second-order valence-electron chi connectivity index (χ2n) is 9.59. The molecule has 3 aromatic rings. The second kappa shape index (κ2) is 14.0. The molecule has 0 bridgehead atoms. The fraction of sp³-hybridized carbons (Fsp3) is 0.400. The van der Waals surface area contributed by atoms with E-state index in [9.17, 15) is 9.59 Å². The number of methoxy groups -OCH3 is 2. The molecule has 0 spiro atoms. The van der Waals surface area contributed by atoms with Crippen LogP contribution in [0.3, 0.4) is 0 Å². The highest BCUT2D eigenvalue weighted by molar-refractivity contribution is 9.10. The smallest absolute Gasteiger partial charge is 0.254 e. The number of aryl methyl sites for hydroxylation is 1. The number of benzene rings is 2. The first-order valence-corrected chi connectivity index (χ1v) is 14.7. The third-order valence-corrected chi connectivity index (χ3v) is 8.28. The predicted octanol–water partition coefficient (Wildman–Crippen LogP) is 5.73. The van der Waals surface area contributed by atoms with Crippen LogP contribution in [0.2, 0.25) is 0 Å². The molecular formula is C30H35BrN2O5S. The van der Waals surface area contributed by atoms with E-state index in [2.05, 4.69) is 35.0 Å². The normalized spacial score (nSPS) is 14.7. The van der Waals surface area contributed by atoms with Gasteiger partial charge in [-0.05, 0) is 80.3 Å². The van der Waals surface area contributed by atoms with Crippen LogP contribution in [0.5, 0.6) is 11.5 Å². The zero-order valence-electron chi connectivity index (χ0n) is 22.7. The van der Waals surface area contributed by atoms with Crippen LogP contribution in [0.4, 0.5) is 0 Å². The quantitative estimate of drug-likeness (QED) is 0.261. The first-order valence-electron chi connectivity index (χ1n) is 13.1. The van der Waals surface area contributed by atoms with Gasteiger partial charge in [-0.15, -0.1) is 11.3 Å². The third-order valence-electron chi connectivity index (χ3n) is 6.77. The van der Waals surface area contributed by atoms with Crippen molar-refractivity contribution in [3.63, 3.8) is 0 Å². The Morgan fingerprint density at radius 3 is 2.44 bits per heavy atom. The summed E-state index contributed by atoms with van der Waals surface area (Å²) in [5, 5.41) is 0. The van der Waals surface area contributed by atoms with Gasteiger partial charge in [0.1, 0.15) is 6.54 Å². The van der Waals surface area contributed by atoms with E-state index in [1.165, 1.54) is 4.88 Å². The highest BCUT2D eigenvalue weighted by Crippen LogP contribution is 2.28. The van der Waals surface area contributed by atoms with E-state index in [1.807, 2.05) is 35.2 Å². The first kappa shape index (κ1) is 29.1. The van der Waals surface area contributed by atoms with E-state index in [1.54, 1.807) is 42.6 Å². The lowest BCUT2D eigenvalue weighted by Gasteiger charge is -2.29. The molecule has 1 saturated heterocycles. The van der Waals surface area contributed by atoms with Gasteiger partial charge in [-0.2, -0.15) is 0 Å². The molecule has 39 heavy (non-hydrogen) atoms. The Hall–Kier alpha value is -2.88. The maximum atomic E-state index is 13.8. The molecule has 1 aliphatic heterocycles. The van der Waals surface area contributed by atoms with Crippen LogP contribution in [0.1, 0.15) is 38.5 Å². The van der Waals surface area contributed by atoms with Gasteiger partial charge in [-0.3, -0.25) is 9.59 Å². The van der Waals surface area contributed by atoms with E-state index in [-0.39, 0.29) is 24.5 Å². The van der Waals surface area contributed by atoms with Crippen molar-refractivity contribution in [2.24, 2.45) is 0 Å². The number of ether oxygens (including phenoxy) is 3. The summed E-state index contributed by atoms with van der Waals surface area (Å²) >= 11 is 5.11. The van der Waals surface area contributed by atoms with Gasteiger partial charge in [0.05, 0.1) is 26.9 Å². The van der Waals surface area contributed by atoms with Crippen LogP contribution in [-0.4, -0.2) is 68.2 Å². The molecule has 2 aromatic carbocycles. The highest BCUT2D eigenvalue weighted by Gasteiger charge is 2.27. The summed E-state index contributed by atoms with van der Waals surface area (Å²) in [7, 11) is 3.22. The van der Waals surface area contributed by atoms with E-state index >= 15 is 0 Å². The lowest BCUT2D eigenvalue weighted by atomic mass is 10.1. The molecule has 1 fully saturated rings. The number of nitrogens with zero attached hydrogens (tertiary/aromatic N) is 2. The number of amides is 2. The molecule has 1 unspecified atom stereocenters. The summed E-state index contributed by atoms with van der Waals surface area (Å²) in [6.45, 7) is 4.13. The van der Waals surface area contributed by atoms with Crippen molar-refractivity contribution in [3.05, 3.63) is 80.0 Å². The Bertz CT molecular complexity index is 1260. The van der Waals surface area contributed by atoms with Crippen molar-refractivity contribution >= 4 is 39.1 Å². The van der Waals surface area contributed by atoms with Crippen molar-refractivity contribution in [1.29, 1.82) is 0 Å². The average molecular weight is 616 g/mol. The van der Waals surface area contributed by atoms with Crippen molar-refractivity contribution < 1.29 is 23.8 Å². The molecular weight excluding hydrogens is 580 g/mol. The van der Waals surface area contributed by atoms with Gasteiger partial charge in [0.25, 0.3) is 5.91 Å². The Kier molecular flexibility index (Phi) is 10.4. The number of carbonyl (C=O) groups excluding carboxylic acids is 2. The van der Waals surface area contributed by atoms with Gasteiger partial charge in [-0.25, -0.2) is 0 Å². The lowest BCUT2D eigenvalue weighted by Crippen LogP contribution is -2.45. The third kappa shape index (κ3) is 8.06. The van der Waals surface area contributed by atoms with Crippen LogP contribution in [-0.2, 0) is 22.5 Å². The molecule has 2 heterocycles. The molecule has 2 amide bonds. The minimum Gasteiger partial charge on any atom is -0.493 e. The van der Waals surface area contributed by atoms with E-state index in [4.69, 9.17) is 14.2 Å². The second-order valence-corrected chi connectivity index (χ2v) is 11.9. The van der Waals surface area contributed by atoms with E-state index < -0.39 is 0 Å². The van der Waals surface area contributed by atoms with Crippen LogP contribution in [0.15, 0.2) is 59.1 Å². The summed E-state index contributed by atoms with van der Waals surface area (Å²) in [6, 6.07) is 17.2. The summed E-state index contributed by atoms with van der Waals surface area (Å²) in [4.78, 5) is 33.1. The predicted molar refractivity (Wildman–Crippen MR) is 157 cm³/mol. The molecule has 4 rings (SSSR count). The minimum atomic E-state index is -0.168. The number of hydrogen-bond acceptors (Lipinski definition) is 6. The molecule has 0 aliphatic carbocycles. The van der Waals surface area contributed by atoms with Gasteiger partial charge in [0, 0.05) is 39.5 Å². The number of rotatable bonds is 12. The van der Waals surface area contributed by atoms with Gasteiger partial charge in [-0.1, -0.05) is 22.0 Å². The molecule has 0 N–H and O–H groups in total. The summed E-state index contributed by atoms with van der Waals surface area (Å²) < 4.78 is 17.5. The Morgan fingerprint density at radius 2 is 1.79 bits per heavy atom. The van der Waals surface area contributed by atoms with Crippen molar-refractivity contribution in [2.75, 3.05) is 40.5 Å². The molecule has 0 saturated carbocycles. The van der Waals surface area contributed by atoms with Gasteiger partial charge >= 0.3 is 0 Å². The molecule has 1 atom stereocenters. The van der Waals surface area contributed by atoms with E-state index in [0.29, 0.717) is 49.7 Å². The van der Waals surface area contributed by atoms with Crippen LogP contribution in [0.25, 0.3) is 0 Å². The number of carbonyl (C=O) groups is 2. The van der Waals surface area contributed by atoms with E-state index in [0.717, 1.165) is 27.8 Å². The van der Waals surface area contributed by atoms with Crippen LogP contribution >= 0.6 is 27.3 Å². The molecule has 7 nitrogen and oxygen atoms in total. The van der Waals surface area contributed by atoms with Crippen molar-refractivity contribution in [1.82, 2.24) is 9.80 Å². The number of thiophene rings is 1. The topological polar surface area (TPSA) is 68.3 Å². The first-order chi connectivity index (χ1) is 18.9. The van der Waals surface area contributed by atoms with Crippen LogP contribution in [0, 0.1) is 6.92 Å². The molecule has 1 aliphatic rings. The fourth-order valence-corrected chi connectivity index (χ4v) is 5.81. The summed E-state index contributed by atoms with van der Waals surface area (Å²) in [5.41, 5.74) is 1.59. The minimum absolute atomic E-state index is 0.00888. The zero-order chi connectivity index (χ0) is 27.8. The standard InChI is InChI=1S/C30H35BrN2O5S/c1-21-6-12-26(39-21)19-32(15-14-22-7-13-27(36-2)28(17-22)37-3)29(34)20-33(18-25-5-4-16-38-25)30(35)23-8-10-24(31)11-9-23/h6-13,17,25H,4-5,14-16,18-20H2,1-3H3. The SMILES string of the molecule is COc1ccc(CCN(Cc2ccc(C)s2)C(=O)CN(CC2CCCO2)C(=O)c2ccc(Br)cc2)cc1OC. The van der Waals surface area contributed by atoms with Crippen molar-refractivity contribution in [2.45, 2.75) is 38.8 Å².